The average Bonchev–Trinajstić information content (AvgIpc) is 2.49. The lowest BCUT2D eigenvalue weighted by Crippen LogP contribution is -2.29. The van der Waals surface area contributed by atoms with Gasteiger partial charge in [0.25, 0.3) is 0 Å². The van der Waals surface area contributed by atoms with Gasteiger partial charge in [0.15, 0.2) is 0 Å². The average molecular weight is 172 g/mol. The molecule has 0 bridgehead atoms. The molecule has 1 saturated heterocycles. The first-order valence-corrected chi connectivity index (χ1v) is 4.39. The number of hydrogen-bond acceptors (Lipinski definition) is 3. The molecule has 1 fully saturated rings. The summed E-state index contributed by atoms with van der Waals surface area (Å²) in [4.78, 5) is 10.3. The summed E-state index contributed by atoms with van der Waals surface area (Å²) in [7, 11) is 0. The molecule has 0 aromatic rings. The summed E-state index contributed by atoms with van der Waals surface area (Å²) in [5.74, 6) is -0.255. The molecule has 70 valence electrons. The van der Waals surface area contributed by atoms with Crippen LogP contribution in [-0.2, 0) is 9.53 Å². The normalized spacial score (nSPS) is 22.8. The molecule has 0 unspecified atom stereocenters. The van der Waals surface area contributed by atoms with E-state index in [1.165, 1.54) is 0 Å². The van der Waals surface area contributed by atoms with Crippen LogP contribution in [0.25, 0.3) is 0 Å². The van der Waals surface area contributed by atoms with E-state index in [-0.39, 0.29) is 5.91 Å². The Bertz CT molecular complexity index is 144. The quantitative estimate of drug-likeness (QED) is 0.556. The first-order valence-electron chi connectivity index (χ1n) is 4.39. The number of nitrogens with one attached hydrogen (secondary N) is 1. The second-order valence-electron chi connectivity index (χ2n) is 3.06. The van der Waals surface area contributed by atoms with Crippen molar-refractivity contribution < 1.29 is 9.53 Å². The number of hydrogen-bond donors (Lipinski definition) is 2. The van der Waals surface area contributed by atoms with Crippen molar-refractivity contribution in [2.75, 3.05) is 19.7 Å². The van der Waals surface area contributed by atoms with Crippen molar-refractivity contribution in [3.63, 3.8) is 0 Å². The molecule has 0 aromatic heterocycles. The maximum absolute atomic E-state index is 10.3. The Hall–Kier alpha value is -0.610. The van der Waals surface area contributed by atoms with Crippen LogP contribution < -0.4 is 11.1 Å². The van der Waals surface area contributed by atoms with Gasteiger partial charge in [-0.15, -0.1) is 0 Å². The van der Waals surface area contributed by atoms with Gasteiger partial charge in [0.1, 0.15) is 0 Å². The predicted octanol–water partition coefficient (Wildman–Crippen LogP) is -0.370. The van der Waals surface area contributed by atoms with Crippen LogP contribution in [0.2, 0.25) is 0 Å². The fourth-order valence-electron chi connectivity index (χ4n) is 1.28. The second kappa shape index (κ2) is 5.11. The molecular weight excluding hydrogens is 156 g/mol. The summed E-state index contributed by atoms with van der Waals surface area (Å²) in [6.07, 6.45) is 3.04. The molecule has 1 aliphatic rings. The van der Waals surface area contributed by atoms with Gasteiger partial charge in [0, 0.05) is 26.1 Å². The van der Waals surface area contributed by atoms with Crippen molar-refractivity contribution >= 4 is 5.91 Å². The molecule has 0 spiro atoms. The minimum absolute atomic E-state index is 0.255. The molecule has 1 heterocycles. The number of carbonyl (C=O) groups is 1. The molecule has 0 aliphatic carbocycles. The number of ether oxygens (including phenoxy) is 1. The van der Waals surface area contributed by atoms with Gasteiger partial charge in [-0.2, -0.15) is 0 Å². The molecule has 1 amide bonds. The SMILES string of the molecule is NC(=O)CCNC[C@H]1CCCO1. The molecule has 0 saturated carbocycles. The van der Waals surface area contributed by atoms with Crippen molar-refractivity contribution in [2.45, 2.75) is 25.4 Å². The molecule has 4 heteroatoms. The van der Waals surface area contributed by atoms with Crippen LogP contribution >= 0.6 is 0 Å². The lowest BCUT2D eigenvalue weighted by Gasteiger charge is -2.09. The monoisotopic (exact) mass is 172 g/mol. The molecule has 0 aromatic carbocycles. The zero-order valence-electron chi connectivity index (χ0n) is 7.21. The van der Waals surface area contributed by atoms with E-state index in [0.29, 0.717) is 19.1 Å². The first kappa shape index (κ1) is 9.48. The summed E-state index contributed by atoms with van der Waals surface area (Å²) in [6, 6.07) is 0. The summed E-state index contributed by atoms with van der Waals surface area (Å²) >= 11 is 0. The molecule has 3 N–H and O–H groups in total. The zero-order chi connectivity index (χ0) is 8.81. The molecule has 1 atom stereocenters. The third kappa shape index (κ3) is 3.69. The lowest BCUT2D eigenvalue weighted by atomic mass is 10.2. The lowest BCUT2D eigenvalue weighted by molar-refractivity contribution is -0.117. The predicted molar refractivity (Wildman–Crippen MR) is 45.7 cm³/mol. The number of amides is 1. The summed E-state index contributed by atoms with van der Waals surface area (Å²) in [6.45, 7) is 2.38. The number of carbonyl (C=O) groups excluding carboxylic acids is 1. The van der Waals surface area contributed by atoms with Gasteiger partial charge in [-0.25, -0.2) is 0 Å². The molecule has 12 heavy (non-hydrogen) atoms. The van der Waals surface area contributed by atoms with Crippen molar-refractivity contribution in [3.8, 4) is 0 Å². The van der Waals surface area contributed by atoms with E-state index in [0.717, 1.165) is 26.0 Å². The van der Waals surface area contributed by atoms with Crippen molar-refractivity contribution in [3.05, 3.63) is 0 Å². The molecule has 0 radical (unpaired) electrons. The molecule has 1 aliphatic heterocycles. The van der Waals surface area contributed by atoms with E-state index in [2.05, 4.69) is 5.32 Å². The number of nitrogens with two attached hydrogens (primary N) is 1. The largest absolute Gasteiger partial charge is 0.377 e. The minimum Gasteiger partial charge on any atom is -0.377 e. The topological polar surface area (TPSA) is 64.4 Å². The summed E-state index contributed by atoms with van der Waals surface area (Å²) < 4.78 is 5.38. The third-order valence-electron chi connectivity index (χ3n) is 1.94. The van der Waals surface area contributed by atoms with Gasteiger partial charge in [-0.05, 0) is 12.8 Å². The Kier molecular flexibility index (Phi) is 4.04. The highest BCUT2D eigenvalue weighted by atomic mass is 16.5. The van der Waals surface area contributed by atoms with E-state index in [9.17, 15) is 4.79 Å². The van der Waals surface area contributed by atoms with Crippen LogP contribution in [-0.4, -0.2) is 31.7 Å². The Morgan fingerprint density at radius 3 is 3.08 bits per heavy atom. The first-order chi connectivity index (χ1) is 5.79. The number of rotatable bonds is 5. The van der Waals surface area contributed by atoms with E-state index < -0.39 is 0 Å². The zero-order valence-corrected chi connectivity index (χ0v) is 7.21. The molecule has 4 nitrogen and oxygen atoms in total. The van der Waals surface area contributed by atoms with E-state index >= 15 is 0 Å². The van der Waals surface area contributed by atoms with Crippen LogP contribution in [0.15, 0.2) is 0 Å². The summed E-state index contributed by atoms with van der Waals surface area (Å²) in [5, 5.41) is 3.13. The van der Waals surface area contributed by atoms with Crippen LogP contribution in [0.3, 0.4) is 0 Å². The van der Waals surface area contributed by atoms with Gasteiger partial charge >= 0.3 is 0 Å². The van der Waals surface area contributed by atoms with Crippen LogP contribution in [0.1, 0.15) is 19.3 Å². The van der Waals surface area contributed by atoms with Crippen LogP contribution in [0, 0.1) is 0 Å². The Balaban J connectivity index is 1.91. The maximum Gasteiger partial charge on any atom is 0.218 e. The fraction of sp³-hybridized carbons (Fsp3) is 0.875. The number of primary amides is 1. The van der Waals surface area contributed by atoms with E-state index in [4.69, 9.17) is 10.5 Å². The van der Waals surface area contributed by atoms with Gasteiger partial charge in [-0.3, -0.25) is 4.79 Å². The second-order valence-corrected chi connectivity index (χ2v) is 3.06. The highest BCUT2D eigenvalue weighted by molar-refractivity contribution is 5.73. The van der Waals surface area contributed by atoms with Gasteiger partial charge in [0.2, 0.25) is 5.91 Å². The standard InChI is InChI=1S/C8H16N2O2/c9-8(11)3-4-10-6-7-2-1-5-12-7/h7,10H,1-6H2,(H2,9,11)/t7-/m1/s1. The van der Waals surface area contributed by atoms with Crippen molar-refractivity contribution in [1.82, 2.24) is 5.32 Å². The Morgan fingerprint density at radius 2 is 2.50 bits per heavy atom. The van der Waals surface area contributed by atoms with E-state index in [1.807, 2.05) is 0 Å². The Morgan fingerprint density at radius 1 is 1.67 bits per heavy atom. The van der Waals surface area contributed by atoms with Gasteiger partial charge in [0.05, 0.1) is 6.10 Å². The highest BCUT2D eigenvalue weighted by Gasteiger charge is 2.14. The fourth-order valence-corrected chi connectivity index (χ4v) is 1.28. The smallest absolute Gasteiger partial charge is 0.218 e. The molecular formula is C8H16N2O2. The summed E-state index contributed by atoms with van der Waals surface area (Å²) in [5.41, 5.74) is 4.98. The van der Waals surface area contributed by atoms with E-state index in [1.54, 1.807) is 0 Å². The highest BCUT2D eigenvalue weighted by Crippen LogP contribution is 2.10. The third-order valence-corrected chi connectivity index (χ3v) is 1.94. The van der Waals surface area contributed by atoms with Crippen molar-refractivity contribution in [1.29, 1.82) is 0 Å². The molecule has 1 rings (SSSR count). The Labute approximate surface area is 72.5 Å². The van der Waals surface area contributed by atoms with Crippen LogP contribution in [0.5, 0.6) is 0 Å². The maximum atomic E-state index is 10.3. The van der Waals surface area contributed by atoms with Crippen LogP contribution in [0.4, 0.5) is 0 Å². The minimum atomic E-state index is -0.255. The van der Waals surface area contributed by atoms with Gasteiger partial charge in [-0.1, -0.05) is 0 Å². The van der Waals surface area contributed by atoms with Crippen molar-refractivity contribution in [2.24, 2.45) is 5.73 Å². The van der Waals surface area contributed by atoms with Gasteiger partial charge < -0.3 is 15.8 Å².